The fourth-order valence-electron chi connectivity index (χ4n) is 3.19. The van der Waals surface area contributed by atoms with Gasteiger partial charge in [0.1, 0.15) is 5.82 Å². The van der Waals surface area contributed by atoms with Crippen LogP contribution in [0.5, 0.6) is 0 Å². The Morgan fingerprint density at radius 1 is 1.30 bits per heavy atom. The normalized spacial score (nSPS) is 19.3. The van der Waals surface area contributed by atoms with Crippen molar-refractivity contribution in [1.82, 2.24) is 15.1 Å². The van der Waals surface area contributed by atoms with Crippen LogP contribution in [0.1, 0.15) is 50.8 Å². The maximum atomic E-state index is 14.2. The molecule has 2 heterocycles. The molecule has 1 aliphatic heterocycles. The van der Waals surface area contributed by atoms with E-state index < -0.39 is 5.92 Å². The van der Waals surface area contributed by atoms with Gasteiger partial charge in [-0.1, -0.05) is 20.8 Å². The molecule has 1 fully saturated rings. The van der Waals surface area contributed by atoms with E-state index in [0.717, 1.165) is 11.1 Å². The molecule has 0 aliphatic carbocycles. The molecule has 1 aromatic heterocycles. The fourth-order valence-corrected chi connectivity index (χ4v) is 3.19. The van der Waals surface area contributed by atoms with Gasteiger partial charge in [0.05, 0.1) is 17.1 Å². The molecule has 0 radical (unpaired) electrons. The van der Waals surface area contributed by atoms with Crippen molar-refractivity contribution in [2.45, 2.75) is 44.9 Å². The maximum Gasteiger partial charge on any atom is 0.235 e. The van der Waals surface area contributed by atoms with Crippen molar-refractivity contribution >= 4 is 22.7 Å². The second kappa shape index (κ2) is 5.15. The van der Waals surface area contributed by atoms with Crippen molar-refractivity contribution in [3.63, 3.8) is 0 Å². The number of aryl methyl sites for hydroxylation is 1. The van der Waals surface area contributed by atoms with E-state index in [2.05, 4.69) is 10.4 Å². The predicted molar refractivity (Wildman–Crippen MR) is 84.5 cm³/mol. The first kappa shape index (κ1) is 15.6. The van der Waals surface area contributed by atoms with Gasteiger partial charge in [-0.3, -0.25) is 19.6 Å². The molecule has 2 aromatic rings. The van der Waals surface area contributed by atoms with Gasteiger partial charge >= 0.3 is 0 Å². The molecule has 1 N–H and O–H groups in total. The van der Waals surface area contributed by atoms with Gasteiger partial charge in [-0.25, -0.2) is 4.39 Å². The SMILES string of the molecule is Cn1nc([C@@H]2CCC(=O)NC2=O)c2cc(F)cc(C(C)(C)C)c21. The topological polar surface area (TPSA) is 64.0 Å². The summed E-state index contributed by atoms with van der Waals surface area (Å²) in [6, 6.07) is 2.95. The smallest absolute Gasteiger partial charge is 0.235 e. The van der Waals surface area contributed by atoms with E-state index in [0.29, 0.717) is 17.5 Å². The molecule has 1 atom stereocenters. The molecule has 0 unspecified atom stereocenters. The first-order chi connectivity index (χ1) is 10.7. The third-order valence-electron chi connectivity index (χ3n) is 4.31. The predicted octanol–water partition coefficient (Wildman–Crippen LogP) is 2.53. The molecule has 23 heavy (non-hydrogen) atoms. The molecule has 0 spiro atoms. The van der Waals surface area contributed by atoms with Crippen molar-refractivity contribution in [3.05, 3.63) is 29.2 Å². The number of carbonyl (C=O) groups excluding carboxylic acids is 2. The Bertz CT molecular complexity index is 817. The lowest BCUT2D eigenvalue weighted by molar-refractivity contribution is -0.134. The summed E-state index contributed by atoms with van der Waals surface area (Å²) < 4.78 is 15.9. The third-order valence-corrected chi connectivity index (χ3v) is 4.31. The molecule has 5 nitrogen and oxygen atoms in total. The van der Waals surface area contributed by atoms with Crippen LogP contribution in [0.4, 0.5) is 4.39 Å². The summed E-state index contributed by atoms with van der Waals surface area (Å²) >= 11 is 0. The average molecular weight is 317 g/mol. The summed E-state index contributed by atoms with van der Waals surface area (Å²) in [7, 11) is 1.80. The van der Waals surface area contributed by atoms with E-state index in [-0.39, 0.29) is 29.5 Å². The summed E-state index contributed by atoms with van der Waals surface area (Å²) in [5.41, 5.74) is 1.97. The van der Waals surface area contributed by atoms with E-state index in [9.17, 15) is 14.0 Å². The van der Waals surface area contributed by atoms with Crippen LogP contribution in [0.15, 0.2) is 12.1 Å². The summed E-state index contributed by atoms with van der Waals surface area (Å²) in [5.74, 6) is -1.49. The first-order valence-electron chi connectivity index (χ1n) is 7.69. The van der Waals surface area contributed by atoms with E-state index >= 15 is 0 Å². The molecule has 1 aromatic carbocycles. The lowest BCUT2D eigenvalue weighted by atomic mass is 9.84. The molecule has 6 heteroatoms. The van der Waals surface area contributed by atoms with Gasteiger partial charge in [0.2, 0.25) is 11.8 Å². The second-order valence-corrected chi connectivity index (χ2v) is 7.11. The van der Waals surface area contributed by atoms with Gasteiger partial charge in [-0.05, 0) is 29.5 Å². The Morgan fingerprint density at radius 2 is 2.00 bits per heavy atom. The number of nitrogens with zero attached hydrogens (tertiary/aromatic N) is 2. The van der Waals surface area contributed by atoms with Crippen LogP contribution in [0, 0.1) is 5.82 Å². The quantitative estimate of drug-likeness (QED) is 0.822. The number of nitrogens with one attached hydrogen (secondary N) is 1. The minimum absolute atomic E-state index is 0.254. The van der Waals surface area contributed by atoms with Gasteiger partial charge < -0.3 is 0 Å². The lowest BCUT2D eigenvalue weighted by Gasteiger charge is -2.21. The van der Waals surface area contributed by atoms with Crippen molar-refractivity contribution in [2.24, 2.45) is 7.05 Å². The zero-order chi connectivity index (χ0) is 16.9. The molecular weight excluding hydrogens is 297 g/mol. The molecule has 1 aliphatic rings. The van der Waals surface area contributed by atoms with Gasteiger partial charge in [0.25, 0.3) is 0 Å². The number of carbonyl (C=O) groups is 2. The van der Waals surface area contributed by atoms with E-state index in [1.54, 1.807) is 11.7 Å². The van der Waals surface area contributed by atoms with Crippen LogP contribution >= 0.6 is 0 Å². The Hall–Kier alpha value is -2.24. The highest BCUT2D eigenvalue weighted by Gasteiger charge is 2.33. The molecule has 0 bridgehead atoms. The highest BCUT2D eigenvalue weighted by Crippen LogP contribution is 2.36. The Morgan fingerprint density at radius 3 is 2.61 bits per heavy atom. The van der Waals surface area contributed by atoms with Crippen LogP contribution in [0.2, 0.25) is 0 Å². The van der Waals surface area contributed by atoms with Crippen molar-refractivity contribution < 1.29 is 14.0 Å². The Kier molecular flexibility index (Phi) is 3.50. The lowest BCUT2D eigenvalue weighted by Crippen LogP contribution is -2.39. The second-order valence-electron chi connectivity index (χ2n) is 7.11. The fraction of sp³-hybridized carbons (Fsp3) is 0.471. The van der Waals surface area contributed by atoms with Crippen LogP contribution in [-0.2, 0) is 22.1 Å². The Labute approximate surface area is 133 Å². The van der Waals surface area contributed by atoms with E-state index in [4.69, 9.17) is 0 Å². The molecule has 0 saturated carbocycles. The minimum atomic E-state index is -0.522. The van der Waals surface area contributed by atoms with E-state index in [1.165, 1.54) is 12.1 Å². The highest BCUT2D eigenvalue weighted by molar-refractivity contribution is 6.02. The number of amides is 2. The standard InChI is InChI=1S/C17H20FN3O2/c1-17(2,3)12-8-9(18)7-11-14(20-21(4)15(11)12)10-5-6-13(22)19-16(10)23/h7-8,10H,5-6H2,1-4H3,(H,19,22,23)/t10-/m0/s1. The number of hydrogen-bond donors (Lipinski definition) is 1. The number of rotatable bonds is 1. The number of piperidine rings is 1. The van der Waals surface area contributed by atoms with Gasteiger partial charge in [-0.2, -0.15) is 5.10 Å². The molecule has 122 valence electrons. The van der Waals surface area contributed by atoms with Crippen molar-refractivity contribution in [2.75, 3.05) is 0 Å². The van der Waals surface area contributed by atoms with Crippen molar-refractivity contribution in [3.8, 4) is 0 Å². The maximum absolute atomic E-state index is 14.2. The van der Waals surface area contributed by atoms with E-state index in [1.807, 2.05) is 20.8 Å². The third kappa shape index (κ3) is 2.62. The van der Waals surface area contributed by atoms with Crippen LogP contribution < -0.4 is 5.32 Å². The Balaban J connectivity index is 2.22. The van der Waals surface area contributed by atoms with Crippen LogP contribution in [0.25, 0.3) is 10.9 Å². The van der Waals surface area contributed by atoms with Gasteiger partial charge in [0.15, 0.2) is 0 Å². The molecule has 1 saturated heterocycles. The molecular formula is C17H20FN3O2. The van der Waals surface area contributed by atoms with Crippen LogP contribution in [0.3, 0.4) is 0 Å². The summed E-state index contributed by atoms with van der Waals surface area (Å²) in [5, 5.41) is 7.47. The zero-order valence-electron chi connectivity index (χ0n) is 13.7. The number of benzene rings is 1. The minimum Gasteiger partial charge on any atom is -0.296 e. The van der Waals surface area contributed by atoms with Crippen LogP contribution in [-0.4, -0.2) is 21.6 Å². The largest absolute Gasteiger partial charge is 0.296 e. The number of hydrogen-bond acceptors (Lipinski definition) is 3. The summed E-state index contributed by atoms with van der Waals surface area (Å²) in [6.07, 6.45) is 0.675. The summed E-state index contributed by atoms with van der Waals surface area (Å²) in [4.78, 5) is 23.5. The summed E-state index contributed by atoms with van der Waals surface area (Å²) in [6.45, 7) is 6.04. The number of aromatic nitrogens is 2. The highest BCUT2D eigenvalue weighted by atomic mass is 19.1. The van der Waals surface area contributed by atoms with Gasteiger partial charge in [-0.15, -0.1) is 0 Å². The number of fused-ring (bicyclic) bond motifs is 1. The molecule has 2 amide bonds. The first-order valence-corrected chi connectivity index (χ1v) is 7.69. The number of imide groups is 1. The monoisotopic (exact) mass is 317 g/mol. The van der Waals surface area contributed by atoms with Crippen molar-refractivity contribution in [1.29, 1.82) is 0 Å². The number of halogens is 1. The molecule has 3 rings (SSSR count). The zero-order valence-corrected chi connectivity index (χ0v) is 13.7. The average Bonchev–Trinajstić information content (AvgIpc) is 2.74. The van der Waals surface area contributed by atoms with Gasteiger partial charge in [0, 0.05) is 18.9 Å².